The van der Waals surface area contributed by atoms with Gasteiger partial charge in [-0.05, 0) is 62.8 Å². The van der Waals surface area contributed by atoms with Gasteiger partial charge in [-0.1, -0.05) is 11.6 Å². The highest BCUT2D eigenvalue weighted by molar-refractivity contribution is 6.30. The molecule has 0 spiro atoms. The number of aliphatic imine (C=N–C) groups is 1. The molecule has 134 valence electrons. The first-order valence-corrected chi connectivity index (χ1v) is 9.35. The largest absolute Gasteiger partial charge is 0.455 e. The maximum absolute atomic E-state index is 5.91. The van der Waals surface area contributed by atoms with Crippen LogP contribution in [0.2, 0.25) is 5.02 Å². The molecule has 0 bridgehead atoms. The van der Waals surface area contributed by atoms with Gasteiger partial charge < -0.3 is 14.2 Å². The zero-order valence-electron chi connectivity index (χ0n) is 14.8. The number of hydrogen-bond acceptors (Lipinski definition) is 4. The molecule has 1 aromatic heterocycles. The Morgan fingerprint density at radius 2 is 1.80 bits per heavy atom. The highest BCUT2D eigenvalue weighted by Gasteiger charge is 2.12. The fourth-order valence-corrected chi connectivity index (χ4v) is 3.08. The van der Waals surface area contributed by atoms with Gasteiger partial charge in [-0.2, -0.15) is 0 Å². The molecule has 0 radical (unpaired) electrons. The fourth-order valence-electron chi connectivity index (χ4n) is 2.96. The molecule has 0 unspecified atom stereocenters. The summed E-state index contributed by atoms with van der Waals surface area (Å²) in [7, 11) is 2.19. The Morgan fingerprint density at radius 1 is 1.04 bits per heavy atom. The predicted molar refractivity (Wildman–Crippen MR) is 105 cm³/mol. The SMILES string of the molecule is CN1CCN(CCCCN=Cc2ccc(-c3ccc(Cl)cc3)o2)CC1. The Labute approximate surface area is 155 Å². The van der Waals surface area contributed by atoms with Crippen molar-refractivity contribution in [1.29, 1.82) is 0 Å². The lowest BCUT2D eigenvalue weighted by atomic mass is 10.2. The number of piperazine rings is 1. The summed E-state index contributed by atoms with van der Waals surface area (Å²) in [6.45, 7) is 6.80. The van der Waals surface area contributed by atoms with Crippen LogP contribution in [0.25, 0.3) is 11.3 Å². The minimum Gasteiger partial charge on any atom is -0.455 e. The number of rotatable bonds is 7. The third-order valence-corrected chi connectivity index (χ3v) is 4.83. The Hall–Kier alpha value is -1.62. The highest BCUT2D eigenvalue weighted by Crippen LogP contribution is 2.23. The molecule has 5 heteroatoms. The lowest BCUT2D eigenvalue weighted by molar-refractivity contribution is 0.152. The molecule has 1 saturated heterocycles. The number of unbranched alkanes of at least 4 members (excludes halogenated alkanes) is 1. The maximum Gasteiger partial charge on any atom is 0.145 e. The van der Waals surface area contributed by atoms with Crippen LogP contribution in [0.4, 0.5) is 0 Å². The van der Waals surface area contributed by atoms with Crippen molar-refractivity contribution in [3.05, 3.63) is 47.2 Å². The van der Waals surface area contributed by atoms with Crippen molar-refractivity contribution in [2.45, 2.75) is 12.8 Å². The van der Waals surface area contributed by atoms with Gasteiger partial charge in [-0.3, -0.25) is 4.99 Å². The van der Waals surface area contributed by atoms with E-state index in [1.807, 2.05) is 42.6 Å². The minimum atomic E-state index is 0.730. The van der Waals surface area contributed by atoms with Crippen molar-refractivity contribution in [2.75, 3.05) is 46.3 Å². The standard InChI is InChI=1S/C20H26ClN3O/c1-23-12-14-24(15-13-23)11-3-2-10-22-16-19-8-9-20(25-19)17-4-6-18(21)7-5-17/h4-9,16H,2-3,10-15H2,1H3. The average molecular weight is 360 g/mol. The molecular weight excluding hydrogens is 334 g/mol. The first kappa shape index (κ1) is 18.2. The summed E-state index contributed by atoms with van der Waals surface area (Å²) in [4.78, 5) is 9.43. The lowest BCUT2D eigenvalue weighted by Gasteiger charge is -2.32. The van der Waals surface area contributed by atoms with Crippen LogP contribution in [-0.2, 0) is 0 Å². The van der Waals surface area contributed by atoms with Crippen LogP contribution in [0.3, 0.4) is 0 Å². The summed E-state index contributed by atoms with van der Waals surface area (Å²) >= 11 is 5.91. The smallest absolute Gasteiger partial charge is 0.145 e. The quantitative estimate of drug-likeness (QED) is 0.552. The van der Waals surface area contributed by atoms with Crippen molar-refractivity contribution < 1.29 is 4.42 Å². The van der Waals surface area contributed by atoms with Gasteiger partial charge in [0, 0.05) is 43.3 Å². The third kappa shape index (κ3) is 5.70. The van der Waals surface area contributed by atoms with Crippen molar-refractivity contribution in [1.82, 2.24) is 9.80 Å². The second-order valence-corrected chi connectivity index (χ2v) is 7.03. The van der Waals surface area contributed by atoms with E-state index >= 15 is 0 Å². The van der Waals surface area contributed by atoms with Gasteiger partial charge in [-0.15, -0.1) is 0 Å². The van der Waals surface area contributed by atoms with Crippen LogP contribution in [0, 0.1) is 0 Å². The van der Waals surface area contributed by atoms with Gasteiger partial charge in [-0.25, -0.2) is 0 Å². The molecule has 2 aromatic rings. The van der Waals surface area contributed by atoms with E-state index in [1.165, 1.54) is 39.1 Å². The molecule has 1 aliphatic heterocycles. The Morgan fingerprint density at radius 3 is 2.56 bits per heavy atom. The van der Waals surface area contributed by atoms with E-state index in [1.54, 1.807) is 0 Å². The van der Waals surface area contributed by atoms with Crippen molar-refractivity contribution in [3.8, 4) is 11.3 Å². The zero-order valence-corrected chi connectivity index (χ0v) is 15.6. The number of likely N-dealkylation sites (N-methyl/N-ethyl adjacent to an activating group) is 1. The minimum absolute atomic E-state index is 0.730. The summed E-state index contributed by atoms with van der Waals surface area (Å²) < 4.78 is 5.82. The van der Waals surface area contributed by atoms with Gasteiger partial charge >= 0.3 is 0 Å². The van der Waals surface area contributed by atoms with E-state index in [-0.39, 0.29) is 0 Å². The van der Waals surface area contributed by atoms with Crippen LogP contribution < -0.4 is 0 Å². The van der Waals surface area contributed by atoms with Crippen LogP contribution in [-0.4, -0.2) is 62.3 Å². The van der Waals surface area contributed by atoms with E-state index < -0.39 is 0 Å². The first-order valence-electron chi connectivity index (χ1n) is 8.97. The maximum atomic E-state index is 5.91. The predicted octanol–water partition coefficient (Wildman–Crippen LogP) is 4.05. The van der Waals surface area contributed by atoms with E-state index in [2.05, 4.69) is 21.8 Å². The summed E-state index contributed by atoms with van der Waals surface area (Å²) in [5, 5.41) is 0.730. The molecule has 0 N–H and O–H groups in total. The number of hydrogen-bond donors (Lipinski definition) is 0. The molecule has 1 fully saturated rings. The molecule has 3 rings (SSSR count). The molecular formula is C20H26ClN3O. The van der Waals surface area contributed by atoms with Gasteiger partial charge in [0.25, 0.3) is 0 Å². The molecule has 2 heterocycles. The second-order valence-electron chi connectivity index (χ2n) is 6.60. The monoisotopic (exact) mass is 359 g/mol. The molecule has 0 saturated carbocycles. The molecule has 0 aliphatic carbocycles. The van der Waals surface area contributed by atoms with Crippen LogP contribution >= 0.6 is 11.6 Å². The second kappa shape index (κ2) is 9.18. The number of benzene rings is 1. The third-order valence-electron chi connectivity index (χ3n) is 4.58. The number of furan rings is 1. The van der Waals surface area contributed by atoms with Crippen molar-refractivity contribution in [2.24, 2.45) is 4.99 Å². The van der Waals surface area contributed by atoms with E-state index in [4.69, 9.17) is 16.0 Å². The molecule has 1 aliphatic rings. The number of nitrogens with zero attached hydrogens (tertiary/aromatic N) is 3. The summed E-state index contributed by atoms with van der Waals surface area (Å²) in [5.41, 5.74) is 1.02. The molecule has 25 heavy (non-hydrogen) atoms. The summed E-state index contributed by atoms with van der Waals surface area (Å²) in [5.74, 6) is 1.64. The lowest BCUT2D eigenvalue weighted by Crippen LogP contribution is -2.44. The van der Waals surface area contributed by atoms with E-state index in [0.29, 0.717) is 0 Å². The van der Waals surface area contributed by atoms with Crippen LogP contribution in [0.5, 0.6) is 0 Å². The Bertz CT molecular complexity index is 673. The Balaban J connectivity index is 1.37. The van der Waals surface area contributed by atoms with Crippen LogP contribution in [0.15, 0.2) is 45.8 Å². The fraction of sp³-hybridized carbons (Fsp3) is 0.450. The van der Waals surface area contributed by atoms with Gasteiger partial charge in [0.1, 0.15) is 11.5 Å². The van der Waals surface area contributed by atoms with Gasteiger partial charge in [0.2, 0.25) is 0 Å². The zero-order chi connectivity index (χ0) is 17.5. The average Bonchev–Trinajstić information content (AvgIpc) is 3.09. The Kier molecular flexibility index (Phi) is 6.68. The van der Waals surface area contributed by atoms with Crippen LogP contribution in [0.1, 0.15) is 18.6 Å². The molecule has 0 amide bonds. The molecule has 4 nitrogen and oxygen atoms in total. The van der Waals surface area contributed by atoms with Gasteiger partial charge in [0.15, 0.2) is 0 Å². The summed E-state index contributed by atoms with van der Waals surface area (Å²) in [6, 6.07) is 11.6. The molecule has 1 aromatic carbocycles. The first-order chi connectivity index (χ1) is 12.2. The topological polar surface area (TPSA) is 32.0 Å². The van der Waals surface area contributed by atoms with E-state index in [9.17, 15) is 0 Å². The normalized spacial score (nSPS) is 16.7. The highest BCUT2D eigenvalue weighted by atomic mass is 35.5. The van der Waals surface area contributed by atoms with Crippen molar-refractivity contribution in [3.63, 3.8) is 0 Å². The van der Waals surface area contributed by atoms with E-state index in [0.717, 1.165) is 35.1 Å². The van der Waals surface area contributed by atoms with Crippen molar-refractivity contribution >= 4 is 17.8 Å². The number of halogens is 1. The molecule has 0 atom stereocenters. The van der Waals surface area contributed by atoms with Gasteiger partial charge in [0.05, 0.1) is 6.21 Å². The summed E-state index contributed by atoms with van der Waals surface area (Å²) in [6.07, 6.45) is 4.15.